The first-order chi connectivity index (χ1) is 13.0. The zero-order chi connectivity index (χ0) is 25.6. The molecule has 184 valence electrons. The van der Waals surface area contributed by atoms with E-state index < -0.39 is 34.6 Å². The van der Waals surface area contributed by atoms with Crippen LogP contribution in [0.15, 0.2) is 0 Å². The van der Waals surface area contributed by atoms with E-state index in [4.69, 9.17) is 20.4 Å². The molecule has 31 heavy (non-hydrogen) atoms. The van der Waals surface area contributed by atoms with Gasteiger partial charge in [-0.1, -0.05) is 41.5 Å². The van der Waals surface area contributed by atoms with Gasteiger partial charge in [0.1, 0.15) is 11.8 Å². The summed E-state index contributed by atoms with van der Waals surface area (Å²) in [6.07, 6.45) is -0.333. The molecule has 0 aromatic heterocycles. The van der Waals surface area contributed by atoms with Crippen LogP contribution in [-0.2, 0) is 45.4 Å². The molecule has 0 aromatic carbocycles. The number of hydrogen-bond acceptors (Lipinski definition) is 6. The molecule has 8 nitrogen and oxygen atoms in total. The van der Waals surface area contributed by atoms with Crippen LogP contribution in [0.1, 0.15) is 83.1 Å². The van der Waals surface area contributed by atoms with Crippen molar-refractivity contribution >= 4 is 23.5 Å². The summed E-state index contributed by atoms with van der Waals surface area (Å²) in [6, 6.07) is 0. The second kappa shape index (κ2) is 18.6. The average Bonchev–Trinajstić information content (AvgIpc) is 2.49. The van der Waals surface area contributed by atoms with Gasteiger partial charge in [0.05, 0.1) is 0 Å². The molecule has 0 fully saturated rings. The number of hydrogen-bond donors (Lipinski definition) is 4. The molecule has 0 amide bonds. The number of Topliss-reactive ketones (excluding diaryl/α,β-unsaturated/α-hetero) is 2. The van der Waals surface area contributed by atoms with Gasteiger partial charge in [-0.25, -0.2) is 0 Å². The third kappa shape index (κ3) is 29.1. The fourth-order valence-corrected chi connectivity index (χ4v) is 1.52. The van der Waals surface area contributed by atoms with Gasteiger partial charge in [-0.3, -0.25) is 19.2 Å². The van der Waals surface area contributed by atoms with Crippen LogP contribution >= 0.6 is 0 Å². The number of carboxylic acids is 2. The third-order valence-corrected chi connectivity index (χ3v) is 3.01. The van der Waals surface area contributed by atoms with Crippen LogP contribution in [0.25, 0.3) is 0 Å². The van der Waals surface area contributed by atoms with Gasteiger partial charge < -0.3 is 20.4 Å². The maximum atomic E-state index is 11.2. The smallest absolute Gasteiger partial charge is 0.313 e. The second-order valence-electron chi connectivity index (χ2n) is 9.54. The molecule has 0 saturated heterocycles. The van der Waals surface area contributed by atoms with E-state index in [-0.39, 0.29) is 50.0 Å². The summed E-state index contributed by atoms with van der Waals surface area (Å²) >= 11 is 0. The van der Waals surface area contributed by atoms with Crippen molar-refractivity contribution in [2.45, 2.75) is 95.3 Å². The summed E-state index contributed by atoms with van der Waals surface area (Å²) < 4.78 is 0. The van der Waals surface area contributed by atoms with Gasteiger partial charge in [0.25, 0.3) is 0 Å². The minimum absolute atomic E-state index is 0. The van der Waals surface area contributed by atoms with Crippen molar-refractivity contribution in [3.05, 3.63) is 0 Å². The van der Waals surface area contributed by atoms with Crippen molar-refractivity contribution < 1.29 is 65.8 Å². The van der Waals surface area contributed by atoms with Gasteiger partial charge in [-0.05, 0) is 41.5 Å². The Hall–Kier alpha value is -0.917. The summed E-state index contributed by atoms with van der Waals surface area (Å²) in [6.45, 7) is 20.0. The predicted molar refractivity (Wildman–Crippen MR) is 117 cm³/mol. The molecular formula is C22H44O8Zr. The van der Waals surface area contributed by atoms with E-state index in [0.29, 0.717) is 0 Å². The van der Waals surface area contributed by atoms with Crippen LogP contribution in [0.5, 0.6) is 0 Å². The zero-order valence-electron chi connectivity index (χ0n) is 21.2. The Balaban J connectivity index is -0.000000106. The number of ketones is 2. The number of rotatable bonds is 4. The Labute approximate surface area is 206 Å². The topological polar surface area (TPSA) is 149 Å². The summed E-state index contributed by atoms with van der Waals surface area (Å²) in [5.41, 5.74) is -1.12. The van der Waals surface area contributed by atoms with Gasteiger partial charge in [0, 0.05) is 49.2 Å². The number of carbonyl (C=O) groups excluding carboxylic acids is 2. The molecule has 0 rings (SSSR count). The summed E-state index contributed by atoms with van der Waals surface area (Å²) in [7, 11) is 0. The van der Waals surface area contributed by atoms with Gasteiger partial charge >= 0.3 is 11.9 Å². The first-order valence-corrected chi connectivity index (χ1v) is 9.90. The molecule has 0 radical (unpaired) electrons. The van der Waals surface area contributed by atoms with E-state index in [1.54, 1.807) is 69.2 Å². The van der Waals surface area contributed by atoms with Crippen LogP contribution in [0, 0.1) is 22.7 Å². The molecule has 2 unspecified atom stereocenters. The number of aliphatic carboxylic acids is 2. The second-order valence-corrected chi connectivity index (χ2v) is 9.54. The van der Waals surface area contributed by atoms with Crippen molar-refractivity contribution in [3.63, 3.8) is 0 Å². The van der Waals surface area contributed by atoms with Gasteiger partial charge in [0.15, 0.2) is 11.6 Å². The third-order valence-electron chi connectivity index (χ3n) is 3.01. The van der Waals surface area contributed by atoms with Crippen LogP contribution in [0.4, 0.5) is 0 Å². The number of aliphatic hydroxyl groups is 2. The molecule has 0 aromatic rings. The maximum absolute atomic E-state index is 11.2. The molecule has 0 heterocycles. The van der Waals surface area contributed by atoms with Crippen molar-refractivity contribution in [1.29, 1.82) is 0 Å². The molecule has 0 bridgehead atoms. The van der Waals surface area contributed by atoms with E-state index in [9.17, 15) is 19.2 Å². The fraction of sp³-hybridized carbons (Fsp3) is 0.818. The Morgan fingerprint density at radius 1 is 0.548 bits per heavy atom. The Morgan fingerprint density at radius 2 is 0.677 bits per heavy atom. The van der Waals surface area contributed by atoms with Crippen molar-refractivity contribution in [2.75, 3.05) is 0 Å². The molecule has 0 spiro atoms. The minimum atomic E-state index is -1.05. The van der Waals surface area contributed by atoms with E-state index in [2.05, 4.69) is 0 Å². The summed E-state index contributed by atoms with van der Waals surface area (Å²) in [5, 5.41) is 33.1. The van der Waals surface area contributed by atoms with Crippen molar-refractivity contribution in [1.82, 2.24) is 0 Å². The first-order valence-electron chi connectivity index (χ1n) is 9.90. The van der Waals surface area contributed by atoms with Gasteiger partial charge in [-0.2, -0.15) is 0 Å². The molecule has 0 aliphatic carbocycles. The number of aliphatic hydroxyl groups excluding tert-OH is 2. The molecule has 4 N–H and O–H groups in total. The molecule has 0 aliphatic rings. The SMILES string of the molecule is CC(C(=O)O)C(=O)C(C)(C)C.CC(C(=O)O)C(=O)C(C)(C)C.CC(C)O.CC(C)O.[Zr]. The molecular weight excluding hydrogens is 483 g/mol. The quantitative estimate of drug-likeness (QED) is 0.406. The van der Waals surface area contributed by atoms with E-state index in [1.807, 2.05) is 0 Å². The zero-order valence-corrected chi connectivity index (χ0v) is 23.7. The van der Waals surface area contributed by atoms with Crippen molar-refractivity contribution in [2.24, 2.45) is 22.7 Å². The van der Waals surface area contributed by atoms with Crippen LogP contribution < -0.4 is 0 Å². The monoisotopic (exact) mass is 526 g/mol. The molecule has 2 atom stereocenters. The molecule has 9 heteroatoms. The van der Waals surface area contributed by atoms with Gasteiger partial charge in [0.2, 0.25) is 0 Å². The standard InChI is InChI=1S/2C8H14O3.2C3H8O.Zr/c2*1-5(7(10)11)6(9)8(2,3)4;2*1-3(2)4;/h2*5H,1-4H3,(H,10,11);2*3-4H,1-2H3;. The minimum Gasteiger partial charge on any atom is -0.481 e. The van der Waals surface area contributed by atoms with Crippen LogP contribution in [-0.4, -0.2) is 56.1 Å². The summed E-state index contributed by atoms with van der Waals surface area (Å²) in [5.74, 6) is -4.35. The fourth-order valence-electron chi connectivity index (χ4n) is 1.52. The average molecular weight is 528 g/mol. The largest absolute Gasteiger partial charge is 0.481 e. The number of carboxylic acid groups (broad SMARTS) is 2. The summed E-state index contributed by atoms with van der Waals surface area (Å²) in [4.78, 5) is 43.2. The predicted octanol–water partition coefficient (Wildman–Crippen LogP) is 3.42. The first kappa shape index (κ1) is 40.4. The molecule has 0 aliphatic heterocycles. The Bertz CT molecular complexity index is 475. The van der Waals surface area contributed by atoms with Crippen LogP contribution in [0.3, 0.4) is 0 Å². The number of carbonyl (C=O) groups is 4. The molecule has 0 saturated carbocycles. The maximum Gasteiger partial charge on any atom is 0.313 e. The van der Waals surface area contributed by atoms with E-state index in [0.717, 1.165) is 0 Å². The Kier molecular flexibility index (Phi) is 24.3. The normalized spacial score (nSPS) is 12.4. The van der Waals surface area contributed by atoms with Gasteiger partial charge in [-0.15, -0.1) is 0 Å². The Morgan fingerprint density at radius 3 is 0.710 bits per heavy atom. The van der Waals surface area contributed by atoms with Crippen molar-refractivity contribution in [3.8, 4) is 0 Å². The van der Waals surface area contributed by atoms with Crippen LogP contribution in [0.2, 0.25) is 0 Å². The van der Waals surface area contributed by atoms with E-state index >= 15 is 0 Å². The van der Waals surface area contributed by atoms with E-state index in [1.165, 1.54) is 13.8 Å².